The van der Waals surface area contributed by atoms with Crippen molar-refractivity contribution >= 4 is 23.4 Å². The molecule has 1 saturated heterocycles. The first kappa shape index (κ1) is 12.1. The highest BCUT2D eigenvalue weighted by Crippen LogP contribution is 2.26. The van der Waals surface area contributed by atoms with Crippen LogP contribution in [-0.4, -0.2) is 35.7 Å². The molecule has 0 spiro atoms. The summed E-state index contributed by atoms with van der Waals surface area (Å²) in [5.74, 6) is -0.140. The van der Waals surface area contributed by atoms with Crippen LogP contribution in [-0.2, 0) is 0 Å². The number of aromatic carboxylic acids is 1. The Hall–Kier alpha value is -1.33. The Bertz CT molecular complexity index is 439. The van der Waals surface area contributed by atoms with E-state index in [1.807, 2.05) is 4.90 Å². The van der Waals surface area contributed by atoms with Crippen molar-refractivity contribution in [3.8, 4) is 0 Å². The number of halogens is 1. The minimum absolute atomic E-state index is 0.187. The lowest BCUT2D eigenvalue weighted by molar-refractivity contribution is 0.0697. The Labute approximate surface area is 104 Å². The van der Waals surface area contributed by atoms with Crippen molar-refractivity contribution in [2.75, 3.05) is 24.5 Å². The molecule has 2 rings (SSSR count). The maximum absolute atomic E-state index is 11.1. The number of aromatic nitrogens is 1. The van der Waals surface area contributed by atoms with Gasteiger partial charge in [-0.1, -0.05) is 11.6 Å². The smallest absolute Gasteiger partial charge is 0.339 e. The number of carbonyl (C=O) groups is 1. The number of nitrogens with zero attached hydrogens (tertiary/aromatic N) is 2. The van der Waals surface area contributed by atoms with E-state index in [-0.39, 0.29) is 5.56 Å². The third kappa shape index (κ3) is 2.50. The van der Waals surface area contributed by atoms with E-state index in [4.69, 9.17) is 22.4 Å². The highest BCUT2D eigenvalue weighted by Gasteiger charge is 2.26. The molecule has 0 amide bonds. The monoisotopic (exact) mass is 255 g/mol. The van der Waals surface area contributed by atoms with Gasteiger partial charge in [-0.05, 0) is 31.0 Å². The van der Waals surface area contributed by atoms with E-state index in [9.17, 15) is 4.79 Å². The lowest BCUT2D eigenvalue weighted by atomic mass is 10.1. The zero-order valence-electron chi connectivity index (χ0n) is 9.27. The molecule has 1 unspecified atom stereocenters. The van der Waals surface area contributed by atoms with E-state index in [0.717, 1.165) is 19.5 Å². The van der Waals surface area contributed by atoms with Gasteiger partial charge in [-0.3, -0.25) is 0 Å². The van der Waals surface area contributed by atoms with Crippen LogP contribution in [0.2, 0.25) is 5.15 Å². The molecule has 5 nitrogen and oxygen atoms in total. The Morgan fingerprint density at radius 3 is 3.00 bits per heavy atom. The van der Waals surface area contributed by atoms with Crippen LogP contribution in [0.4, 0.5) is 5.82 Å². The van der Waals surface area contributed by atoms with E-state index in [0.29, 0.717) is 23.4 Å². The summed E-state index contributed by atoms with van der Waals surface area (Å²) in [5, 5.41) is 9.41. The quantitative estimate of drug-likeness (QED) is 0.794. The topological polar surface area (TPSA) is 79.5 Å². The van der Waals surface area contributed by atoms with Gasteiger partial charge in [0.2, 0.25) is 0 Å². The molecule has 1 fully saturated rings. The Morgan fingerprint density at radius 2 is 2.41 bits per heavy atom. The average molecular weight is 256 g/mol. The van der Waals surface area contributed by atoms with Crippen LogP contribution in [0, 0.1) is 5.92 Å². The maximum Gasteiger partial charge on any atom is 0.339 e. The Balaban J connectivity index is 2.31. The molecule has 6 heteroatoms. The predicted molar refractivity (Wildman–Crippen MR) is 65.6 cm³/mol. The van der Waals surface area contributed by atoms with Gasteiger partial charge in [-0.15, -0.1) is 0 Å². The van der Waals surface area contributed by atoms with Crippen molar-refractivity contribution in [2.24, 2.45) is 11.7 Å². The van der Waals surface area contributed by atoms with Crippen molar-refractivity contribution in [1.82, 2.24) is 4.98 Å². The van der Waals surface area contributed by atoms with E-state index in [1.54, 1.807) is 0 Å². The normalized spacial score (nSPS) is 19.6. The van der Waals surface area contributed by atoms with Gasteiger partial charge in [0, 0.05) is 13.1 Å². The minimum atomic E-state index is -0.986. The van der Waals surface area contributed by atoms with Crippen molar-refractivity contribution < 1.29 is 9.90 Å². The Kier molecular flexibility index (Phi) is 3.49. The van der Waals surface area contributed by atoms with Crippen molar-refractivity contribution in [3.05, 3.63) is 22.8 Å². The molecule has 0 aliphatic carbocycles. The molecule has 1 aliphatic rings. The van der Waals surface area contributed by atoms with Crippen LogP contribution in [0.1, 0.15) is 16.8 Å². The molecule has 0 aromatic carbocycles. The first-order chi connectivity index (χ1) is 8.11. The molecule has 1 aromatic rings. The van der Waals surface area contributed by atoms with Crippen LogP contribution >= 0.6 is 11.6 Å². The lowest BCUT2D eigenvalue weighted by Crippen LogP contribution is -2.25. The summed E-state index contributed by atoms with van der Waals surface area (Å²) in [7, 11) is 0. The first-order valence-corrected chi connectivity index (χ1v) is 5.84. The molecule has 3 N–H and O–H groups in total. The zero-order chi connectivity index (χ0) is 12.4. The van der Waals surface area contributed by atoms with Gasteiger partial charge in [0.15, 0.2) is 0 Å². The second kappa shape index (κ2) is 4.89. The highest BCUT2D eigenvalue weighted by molar-refractivity contribution is 6.29. The number of anilines is 1. The third-order valence-electron chi connectivity index (χ3n) is 2.99. The molecule has 1 aliphatic heterocycles. The number of hydrogen-bond acceptors (Lipinski definition) is 4. The number of carboxylic acid groups (broad SMARTS) is 1. The fraction of sp³-hybridized carbons (Fsp3) is 0.455. The summed E-state index contributed by atoms with van der Waals surface area (Å²) in [6.07, 6.45) is 0.962. The lowest BCUT2D eigenvalue weighted by Gasteiger charge is -2.19. The summed E-state index contributed by atoms with van der Waals surface area (Å²) in [4.78, 5) is 17.2. The standard InChI is InChI=1S/C11H14ClN3O2/c12-9-2-1-8(11(16)17)10(14-9)15-4-3-7(5-13)6-15/h1-2,7H,3-6,13H2,(H,16,17). The molecular formula is C11H14ClN3O2. The molecule has 1 atom stereocenters. The van der Waals surface area contributed by atoms with E-state index < -0.39 is 5.97 Å². The van der Waals surface area contributed by atoms with Crippen molar-refractivity contribution in [2.45, 2.75) is 6.42 Å². The summed E-state index contributed by atoms with van der Waals surface area (Å²) < 4.78 is 0. The van der Waals surface area contributed by atoms with Gasteiger partial charge in [0.05, 0.1) is 0 Å². The second-order valence-electron chi connectivity index (χ2n) is 4.15. The first-order valence-electron chi connectivity index (χ1n) is 5.46. The molecule has 2 heterocycles. The van der Waals surface area contributed by atoms with E-state index >= 15 is 0 Å². The number of carboxylic acids is 1. The molecule has 0 bridgehead atoms. The zero-order valence-corrected chi connectivity index (χ0v) is 10.0. The van der Waals surface area contributed by atoms with Gasteiger partial charge in [0.25, 0.3) is 0 Å². The van der Waals surface area contributed by atoms with Crippen LogP contribution in [0.15, 0.2) is 12.1 Å². The number of nitrogens with two attached hydrogens (primary N) is 1. The molecular weight excluding hydrogens is 242 g/mol. The number of pyridine rings is 1. The summed E-state index contributed by atoms with van der Waals surface area (Å²) in [6.45, 7) is 2.12. The second-order valence-corrected chi connectivity index (χ2v) is 4.53. The molecule has 92 valence electrons. The van der Waals surface area contributed by atoms with Crippen LogP contribution in [0.3, 0.4) is 0 Å². The highest BCUT2D eigenvalue weighted by atomic mass is 35.5. The third-order valence-corrected chi connectivity index (χ3v) is 3.20. The fourth-order valence-electron chi connectivity index (χ4n) is 2.05. The predicted octanol–water partition coefficient (Wildman–Crippen LogP) is 1.22. The van der Waals surface area contributed by atoms with Gasteiger partial charge in [-0.2, -0.15) is 0 Å². The number of rotatable bonds is 3. The summed E-state index contributed by atoms with van der Waals surface area (Å²) in [5.41, 5.74) is 5.80. The summed E-state index contributed by atoms with van der Waals surface area (Å²) in [6, 6.07) is 2.98. The fourth-order valence-corrected chi connectivity index (χ4v) is 2.19. The SMILES string of the molecule is NCC1CCN(c2nc(Cl)ccc2C(=O)O)C1. The van der Waals surface area contributed by atoms with Gasteiger partial charge >= 0.3 is 5.97 Å². The van der Waals surface area contributed by atoms with E-state index in [2.05, 4.69) is 4.98 Å². The maximum atomic E-state index is 11.1. The van der Waals surface area contributed by atoms with Crippen molar-refractivity contribution in [1.29, 1.82) is 0 Å². The van der Waals surface area contributed by atoms with Crippen molar-refractivity contribution in [3.63, 3.8) is 0 Å². The minimum Gasteiger partial charge on any atom is -0.478 e. The van der Waals surface area contributed by atoms with Crippen LogP contribution in [0.25, 0.3) is 0 Å². The molecule has 0 radical (unpaired) electrons. The average Bonchev–Trinajstić information content (AvgIpc) is 2.76. The van der Waals surface area contributed by atoms with Gasteiger partial charge in [-0.25, -0.2) is 9.78 Å². The summed E-state index contributed by atoms with van der Waals surface area (Å²) >= 11 is 5.81. The molecule has 1 aromatic heterocycles. The van der Waals surface area contributed by atoms with Gasteiger partial charge in [0.1, 0.15) is 16.5 Å². The van der Waals surface area contributed by atoms with Crippen LogP contribution in [0.5, 0.6) is 0 Å². The molecule has 0 saturated carbocycles. The van der Waals surface area contributed by atoms with E-state index in [1.165, 1.54) is 12.1 Å². The number of hydrogen-bond donors (Lipinski definition) is 2. The van der Waals surface area contributed by atoms with Gasteiger partial charge < -0.3 is 15.7 Å². The Morgan fingerprint density at radius 1 is 1.65 bits per heavy atom. The largest absolute Gasteiger partial charge is 0.478 e. The van der Waals surface area contributed by atoms with Crippen LogP contribution < -0.4 is 10.6 Å². The molecule has 17 heavy (non-hydrogen) atoms.